The number of aliphatic hydroxyl groups is 1. The highest BCUT2D eigenvalue weighted by molar-refractivity contribution is 4.90. The van der Waals surface area contributed by atoms with Gasteiger partial charge in [-0.15, -0.1) is 0 Å². The van der Waals surface area contributed by atoms with Crippen LogP contribution < -0.4 is 0 Å². The van der Waals surface area contributed by atoms with Crippen molar-refractivity contribution in [3.8, 4) is 0 Å². The molecule has 0 radical (unpaired) electrons. The van der Waals surface area contributed by atoms with Crippen LogP contribution in [0.4, 0.5) is 0 Å². The third-order valence-electron chi connectivity index (χ3n) is 5.44. The molecule has 0 aromatic heterocycles. The zero-order chi connectivity index (χ0) is 13.8. The summed E-state index contributed by atoms with van der Waals surface area (Å²) in [6.07, 6.45) is 7.53. The fraction of sp³-hybridized carbons (Fsp3) is 1.00. The minimum absolute atomic E-state index is 0.143. The Kier molecular flexibility index (Phi) is 5.67. The second-order valence-electron chi connectivity index (χ2n) is 6.77. The topological polar surface area (TPSA) is 26.7 Å². The van der Waals surface area contributed by atoms with Crippen LogP contribution in [0.1, 0.15) is 45.4 Å². The summed E-state index contributed by atoms with van der Waals surface area (Å²) < 4.78 is 0. The summed E-state index contributed by atoms with van der Waals surface area (Å²) >= 11 is 0. The molecule has 1 N–H and O–H groups in total. The molecule has 0 aromatic carbocycles. The van der Waals surface area contributed by atoms with Crippen LogP contribution in [0.25, 0.3) is 0 Å². The molecule has 2 aliphatic rings. The number of aliphatic hydroxyl groups excluding tert-OH is 1. The Bertz CT molecular complexity index is 271. The van der Waals surface area contributed by atoms with Gasteiger partial charge in [0.15, 0.2) is 0 Å². The van der Waals surface area contributed by atoms with Crippen molar-refractivity contribution in [3.63, 3.8) is 0 Å². The van der Waals surface area contributed by atoms with Gasteiger partial charge >= 0.3 is 0 Å². The Hall–Kier alpha value is -0.120. The third-order valence-corrected chi connectivity index (χ3v) is 5.44. The second-order valence-corrected chi connectivity index (χ2v) is 6.77. The lowest BCUT2D eigenvalue weighted by atomic mass is 9.73. The molecular formula is C16H32N2O. The Morgan fingerprint density at radius 1 is 1.11 bits per heavy atom. The van der Waals surface area contributed by atoms with E-state index in [0.29, 0.717) is 12.0 Å². The van der Waals surface area contributed by atoms with Crippen molar-refractivity contribution in [3.05, 3.63) is 0 Å². The van der Waals surface area contributed by atoms with E-state index < -0.39 is 0 Å². The van der Waals surface area contributed by atoms with Crippen LogP contribution >= 0.6 is 0 Å². The van der Waals surface area contributed by atoms with E-state index in [1.807, 2.05) is 0 Å². The normalized spacial score (nSPS) is 36.9. The van der Waals surface area contributed by atoms with Gasteiger partial charge in [-0.1, -0.05) is 32.6 Å². The second kappa shape index (κ2) is 7.05. The molecule has 0 aromatic rings. The summed E-state index contributed by atoms with van der Waals surface area (Å²) in [5, 5.41) is 10.9. The van der Waals surface area contributed by atoms with Crippen LogP contribution in [0.2, 0.25) is 0 Å². The number of rotatable bonds is 3. The fourth-order valence-corrected chi connectivity index (χ4v) is 4.15. The van der Waals surface area contributed by atoms with Gasteiger partial charge in [-0.05, 0) is 51.9 Å². The summed E-state index contributed by atoms with van der Waals surface area (Å²) in [6, 6.07) is 0.324. The molecule has 1 saturated carbocycles. The van der Waals surface area contributed by atoms with E-state index in [-0.39, 0.29) is 6.10 Å². The summed E-state index contributed by atoms with van der Waals surface area (Å²) in [5.41, 5.74) is 0. The average molecular weight is 268 g/mol. The van der Waals surface area contributed by atoms with Crippen molar-refractivity contribution in [1.29, 1.82) is 0 Å². The largest absolute Gasteiger partial charge is 0.391 e. The van der Waals surface area contributed by atoms with Gasteiger partial charge < -0.3 is 10.0 Å². The summed E-state index contributed by atoms with van der Waals surface area (Å²) in [6.45, 7) is 5.59. The molecule has 2 rings (SSSR count). The zero-order valence-electron chi connectivity index (χ0n) is 13.0. The molecule has 112 valence electrons. The average Bonchev–Trinajstić information content (AvgIpc) is 2.59. The van der Waals surface area contributed by atoms with Crippen LogP contribution in [0.5, 0.6) is 0 Å². The van der Waals surface area contributed by atoms with Gasteiger partial charge in [0.05, 0.1) is 6.10 Å². The van der Waals surface area contributed by atoms with Crippen molar-refractivity contribution >= 4 is 0 Å². The minimum Gasteiger partial charge on any atom is -0.391 e. The van der Waals surface area contributed by atoms with Crippen molar-refractivity contribution in [2.75, 3.05) is 33.7 Å². The maximum absolute atomic E-state index is 10.9. The molecule has 1 aliphatic heterocycles. The smallest absolute Gasteiger partial charge is 0.0738 e. The van der Waals surface area contributed by atoms with Crippen LogP contribution in [0.3, 0.4) is 0 Å². The van der Waals surface area contributed by atoms with Gasteiger partial charge in [0.1, 0.15) is 0 Å². The fourth-order valence-electron chi connectivity index (χ4n) is 4.15. The van der Waals surface area contributed by atoms with E-state index >= 15 is 0 Å². The first-order valence-corrected chi connectivity index (χ1v) is 8.20. The van der Waals surface area contributed by atoms with Crippen LogP contribution in [-0.4, -0.2) is 60.8 Å². The maximum Gasteiger partial charge on any atom is 0.0738 e. The lowest BCUT2D eigenvalue weighted by molar-refractivity contribution is -0.0187. The van der Waals surface area contributed by atoms with Crippen LogP contribution in [0, 0.1) is 11.8 Å². The van der Waals surface area contributed by atoms with E-state index in [4.69, 9.17) is 0 Å². The number of hydrogen-bond acceptors (Lipinski definition) is 3. The van der Waals surface area contributed by atoms with Crippen molar-refractivity contribution in [1.82, 2.24) is 9.80 Å². The number of nitrogens with zero attached hydrogens (tertiary/aromatic N) is 2. The van der Waals surface area contributed by atoms with Gasteiger partial charge in [-0.3, -0.25) is 4.90 Å². The monoisotopic (exact) mass is 268 g/mol. The number of hydrogen-bond donors (Lipinski definition) is 1. The van der Waals surface area contributed by atoms with E-state index in [0.717, 1.165) is 25.6 Å². The Morgan fingerprint density at radius 2 is 1.84 bits per heavy atom. The lowest BCUT2D eigenvalue weighted by Gasteiger charge is -2.41. The third kappa shape index (κ3) is 3.71. The van der Waals surface area contributed by atoms with Gasteiger partial charge in [0.2, 0.25) is 0 Å². The SMILES string of the molecule is CCC1CCCCC1C(O)C1CN(C)CCCN1C. The molecule has 3 nitrogen and oxygen atoms in total. The zero-order valence-corrected chi connectivity index (χ0v) is 13.0. The lowest BCUT2D eigenvalue weighted by Crippen LogP contribution is -2.50. The van der Waals surface area contributed by atoms with Gasteiger partial charge in [0.25, 0.3) is 0 Å². The van der Waals surface area contributed by atoms with Crippen molar-refractivity contribution in [2.24, 2.45) is 11.8 Å². The summed E-state index contributed by atoms with van der Waals surface area (Å²) in [5.74, 6) is 1.27. The standard InChI is InChI=1S/C16H32N2O/c1-4-13-8-5-6-9-14(13)16(19)15-12-17(2)10-7-11-18(15)3/h13-16,19H,4-12H2,1-3H3. The van der Waals surface area contributed by atoms with Crippen molar-refractivity contribution in [2.45, 2.75) is 57.6 Å². The summed E-state index contributed by atoms with van der Waals surface area (Å²) in [4.78, 5) is 4.79. The molecule has 3 heteroatoms. The van der Waals surface area contributed by atoms with Gasteiger partial charge in [0, 0.05) is 12.6 Å². The highest BCUT2D eigenvalue weighted by atomic mass is 16.3. The van der Waals surface area contributed by atoms with E-state index in [1.165, 1.54) is 38.5 Å². The molecule has 1 saturated heterocycles. The Balaban J connectivity index is 2.04. The van der Waals surface area contributed by atoms with E-state index in [9.17, 15) is 5.11 Å². The molecule has 4 atom stereocenters. The molecule has 1 heterocycles. The number of likely N-dealkylation sites (N-methyl/N-ethyl adjacent to an activating group) is 2. The van der Waals surface area contributed by atoms with E-state index in [1.54, 1.807) is 0 Å². The van der Waals surface area contributed by atoms with Gasteiger partial charge in [-0.2, -0.15) is 0 Å². The molecule has 0 amide bonds. The van der Waals surface area contributed by atoms with Crippen LogP contribution in [0.15, 0.2) is 0 Å². The predicted octanol–water partition coefficient (Wildman–Crippen LogP) is 2.20. The van der Waals surface area contributed by atoms with Crippen LogP contribution in [-0.2, 0) is 0 Å². The Labute approximate surface area is 119 Å². The van der Waals surface area contributed by atoms with Crippen molar-refractivity contribution < 1.29 is 5.11 Å². The highest BCUT2D eigenvalue weighted by Gasteiger charge is 2.36. The molecule has 4 unspecified atom stereocenters. The highest BCUT2D eigenvalue weighted by Crippen LogP contribution is 2.36. The quantitative estimate of drug-likeness (QED) is 0.850. The molecular weight excluding hydrogens is 236 g/mol. The molecule has 1 aliphatic carbocycles. The Morgan fingerprint density at radius 3 is 2.58 bits per heavy atom. The summed E-state index contributed by atoms with van der Waals surface area (Å²) in [7, 11) is 4.38. The first-order chi connectivity index (χ1) is 9.13. The van der Waals surface area contributed by atoms with E-state index in [2.05, 4.69) is 30.8 Å². The first-order valence-electron chi connectivity index (χ1n) is 8.20. The molecule has 19 heavy (non-hydrogen) atoms. The maximum atomic E-state index is 10.9. The predicted molar refractivity (Wildman–Crippen MR) is 80.3 cm³/mol. The first kappa shape index (κ1) is 15.3. The molecule has 2 fully saturated rings. The molecule has 0 spiro atoms. The molecule has 0 bridgehead atoms. The minimum atomic E-state index is -0.143. The van der Waals surface area contributed by atoms with Gasteiger partial charge in [-0.25, -0.2) is 0 Å².